The van der Waals surface area contributed by atoms with E-state index >= 15 is 0 Å². The minimum atomic E-state index is -1.32. The highest BCUT2D eigenvalue weighted by atomic mass is 28.3. The summed E-state index contributed by atoms with van der Waals surface area (Å²) in [7, 11) is -2.64. The summed E-state index contributed by atoms with van der Waals surface area (Å²) in [5, 5.41) is 41.0. The van der Waals surface area contributed by atoms with Gasteiger partial charge in [-0.3, -0.25) is 0 Å². The zero-order valence-electron chi connectivity index (χ0n) is 45.7. The van der Waals surface area contributed by atoms with E-state index in [0.29, 0.717) is 49.7 Å². The number of benzene rings is 2. The van der Waals surface area contributed by atoms with Gasteiger partial charge in [-0.1, -0.05) is 63.5 Å². The Balaban J connectivity index is 1.09. The number of ether oxygens (including phenoxy) is 2. The second-order valence-corrected chi connectivity index (χ2v) is 37.2. The summed E-state index contributed by atoms with van der Waals surface area (Å²) >= 11 is 0. The third-order valence-electron chi connectivity index (χ3n) is 14.2. The summed E-state index contributed by atoms with van der Waals surface area (Å²) in [5.74, 6) is 1.20. The van der Waals surface area contributed by atoms with Gasteiger partial charge in [-0.25, -0.2) is 19.9 Å². The van der Waals surface area contributed by atoms with Crippen LogP contribution in [0.3, 0.4) is 0 Å². The van der Waals surface area contributed by atoms with Crippen molar-refractivity contribution in [3.8, 4) is 22.5 Å². The molecular formula is C56H84N10O4Si2. The highest BCUT2D eigenvalue weighted by molar-refractivity contribution is 6.76. The summed E-state index contributed by atoms with van der Waals surface area (Å²) in [6, 6.07) is 18.2. The molecule has 390 valence electrons. The number of rotatable bonds is 19. The average molecular weight is 1020 g/mol. The molecule has 0 amide bonds. The monoisotopic (exact) mass is 1020 g/mol. The second kappa shape index (κ2) is 20.6. The van der Waals surface area contributed by atoms with E-state index in [1.165, 1.54) is 0 Å². The number of anilines is 2. The molecule has 0 bridgehead atoms. The minimum absolute atomic E-state index is 0.0250. The maximum Gasteiger partial charge on any atom is 0.223 e. The Labute approximate surface area is 430 Å². The quantitative estimate of drug-likeness (QED) is 0.0336. The van der Waals surface area contributed by atoms with Crippen molar-refractivity contribution in [1.82, 2.24) is 39.7 Å². The normalized spacial score (nSPS) is 19.2. The van der Waals surface area contributed by atoms with Crippen molar-refractivity contribution in [1.29, 1.82) is 0 Å². The lowest BCUT2D eigenvalue weighted by atomic mass is 9.79. The SMILES string of the molecule is CC1(C)CC(Nc2nccc(-c3cn(COCC[Si](C)(C)C)c4cc(C(O)C(O)c5ccc6c(-c7ccnc(NC8CC(C)(C)NC(C)(C)C8)n7)cn(COCC[Si](C)(C)C)c6c5)ccc34)n2)CC(C)(C)N1. The van der Waals surface area contributed by atoms with Gasteiger partial charge in [0.2, 0.25) is 11.9 Å². The second-order valence-electron chi connectivity index (χ2n) is 26.0. The van der Waals surface area contributed by atoms with Crippen molar-refractivity contribution >= 4 is 49.9 Å². The summed E-state index contributed by atoms with van der Waals surface area (Å²) < 4.78 is 16.9. The smallest absolute Gasteiger partial charge is 0.223 e. The number of nitrogens with zero attached hydrogens (tertiary/aromatic N) is 6. The third kappa shape index (κ3) is 13.6. The summed E-state index contributed by atoms with van der Waals surface area (Å²) in [5.41, 5.74) is 6.32. The van der Waals surface area contributed by atoms with Gasteiger partial charge in [-0.2, -0.15) is 0 Å². The molecule has 0 saturated carbocycles. The molecular weight excluding hydrogens is 933 g/mol. The van der Waals surface area contributed by atoms with E-state index < -0.39 is 28.4 Å². The lowest BCUT2D eigenvalue weighted by Gasteiger charge is -2.46. The van der Waals surface area contributed by atoms with Crippen molar-refractivity contribution in [2.75, 3.05) is 23.8 Å². The molecule has 2 fully saturated rings. The number of fused-ring (bicyclic) bond motifs is 2. The van der Waals surface area contributed by atoms with Gasteiger partial charge in [0.05, 0.1) is 22.4 Å². The zero-order chi connectivity index (χ0) is 52.0. The summed E-state index contributed by atoms with van der Waals surface area (Å²) in [4.78, 5) is 19.5. The van der Waals surface area contributed by atoms with E-state index in [0.717, 1.165) is 82.1 Å². The molecule has 2 atom stereocenters. The minimum Gasteiger partial charge on any atom is -0.385 e. The maximum atomic E-state index is 12.1. The Morgan fingerprint density at radius 1 is 0.583 bits per heavy atom. The molecule has 4 aromatic heterocycles. The van der Waals surface area contributed by atoms with Gasteiger partial charge in [-0.15, -0.1) is 0 Å². The number of aromatic nitrogens is 6. The van der Waals surface area contributed by atoms with Crippen LogP contribution in [0.4, 0.5) is 11.9 Å². The van der Waals surface area contributed by atoms with Gasteiger partial charge in [0.15, 0.2) is 0 Å². The standard InChI is InChI=1S/C56H84N10O4Si2/c1-53(2)29-39(30-54(3,4)63-53)59-51-57-21-19-45(61-51)43-33-65(35-69-23-25-71(9,10)11)47-27-37(15-17-41(43)47)49(67)50(68)38-16-18-42-44(34-66(48(42)28-38)36-70-24-26-72(12,13)14)46-20-22-58-52(62-46)60-40-31-55(5,6)64-56(7,8)32-40/h15-22,27-28,33-34,39-40,49-50,63-64,67-68H,23-26,29-32,35-36H2,1-14H3,(H,57,59,61)(H,58,60,62). The van der Waals surface area contributed by atoms with Crippen LogP contribution < -0.4 is 21.3 Å². The Bertz CT molecular complexity index is 2620. The number of aliphatic hydroxyl groups excluding tert-OH is 2. The maximum absolute atomic E-state index is 12.1. The molecule has 72 heavy (non-hydrogen) atoms. The number of hydrogen-bond acceptors (Lipinski definition) is 12. The number of hydrogen-bond donors (Lipinski definition) is 6. The van der Waals surface area contributed by atoms with Crippen LogP contribution in [0.1, 0.15) is 104 Å². The first-order valence-electron chi connectivity index (χ1n) is 26.2. The first-order chi connectivity index (χ1) is 33.6. The molecule has 6 heterocycles. The predicted molar refractivity (Wildman–Crippen MR) is 300 cm³/mol. The molecule has 14 nitrogen and oxygen atoms in total. The van der Waals surface area contributed by atoms with Crippen molar-refractivity contribution in [2.24, 2.45) is 0 Å². The summed E-state index contributed by atoms with van der Waals surface area (Å²) in [6.45, 7) is 34.1. The van der Waals surface area contributed by atoms with Crippen LogP contribution >= 0.6 is 0 Å². The zero-order valence-corrected chi connectivity index (χ0v) is 47.7. The van der Waals surface area contributed by atoms with Gasteiger partial charge in [0.25, 0.3) is 0 Å². The van der Waals surface area contributed by atoms with E-state index in [2.05, 4.69) is 147 Å². The molecule has 2 saturated heterocycles. The molecule has 0 radical (unpaired) electrons. The fourth-order valence-electron chi connectivity index (χ4n) is 11.4. The van der Waals surface area contributed by atoms with Gasteiger partial charge in [0.1, 0.15) is 25.7 Å². The Morgan fingerprint density at radius 3 is 1.29 bits per heavy atom. The van der Waals surface area contributed by atoms with Crippen LogP contribution in [0.25, 0.3) is 44.3 Å². The van der Waals surface area contributed by atoms with E-state index in [1.807, 2.05) is 60.9 Å². The van der Waals surface area contributed by atoms with Crippen LogP contribution in [0, 0.1) is 0 Å². The van der Waals surface area contributed by atoms with Crippen molar-refractivity contribution in [3.63, 3.8) is 0 Å². The summed E-state index contributed by atoms with van der Waals surface area (Å²) in [6.07, 6.45) is 9.15. The number of piperidine rings is 2. The lowest BCUT2D eigenvalue weighted by molar-refractivity contribution is 0.0173. The number of aliphatic hydroxyl groups is 2. The first-order valence-corrected chi connectivity index (χ1v) is 33.6. The molecule has 0 aliphatic carbocycles. The molecule has 8 rings (SSSR count). The highest BCUT2D eigenvalue weighted by Crippen LogP contribution is 2.39. The lowest BCUT2D eigenvalue weighted by Crippen LogP contribution is -2.60. The Hall–Kier alpha value is -4.53. The molecule has 16 heteroatoms. The van der Waals surface area contributed by atoms with Crippen LogP contribution in [0.2, 0.25) is 51.4 Å². The van der Waals surface area contributed by atoms with Crippen LogP contribution in [-0.4, -0.2) is 103 Å². The average Bonchev–Trinajstić information content (AvgIpc) is 3.81. The fraction of sp³-hybridized carbons (Fsp3) is 0.571. The molecule has 6 aromatic rings. The van der Waals surface area contributed by atoms with Crippen molar-refractivity contribution in [3.05, 3.63) is 84.4 Å². The molecule has 6 N–H and O–H groups in total. The van der Waals surface area contributed by atoms with Crippen molar-refractivity contribution < 1.29 is 19.7 Å². The molecule has 0 spiro atoms. The first kappa shape index (κ1) is 53.8. The topological polar surface area (TPSA) is 168 Å². The van der Waals surface area contributed by atoms with Gasteiger partial charge < -0.3 is 50.1 Å². The largest absolute Gasteiger partial charge is 0.385 e. The van der Waals surface area contributed by atoms with Gasteiger partial charge >= 0.3 is 0 Å². The van der Waals surface area contributed by atoms with Crippen LogP contribution in [0.15, 0.2) is 73.3 Å². The van der Waals surface area contributed by atoms with E-state index in [1.54, 1.807) is 0 Å². The van der Waals surface area contributed by atoms with Crippen molar-refractivity contribution in [2.45, 2.75) is 192 Å². The van der Waals surface area contributed by atoms with Gasteiger partial charge in [-0.05, 0) is 129 Å². The van der Waals surface area contributed by atoms with Gasteiger partial charge in [0, 0.05) is 110 Å². The Morgan fingerprint density at radius 2 is 0.944 bits per heavy atom. The van der Waals surface area contributed by atoms with E-state index in [9.17, 15) is 10.2 Å². The number of nitrogens with one attached hydrogen (secondary N) is 4. The Kier molecular flexibility index (Phi) is 15.4. The predicted octanol–water partition coefficient (Wildman–Crippen LogP) is 11.3. The van der Waals surface area contributed by atoms with Crippen LogP contribution in [-0.2, 0) is 22.9 Å². The molecule has 2 aliphatic heterocycles. The molecule has 2 aromatic carbocycles. The molecule has 2 aliphatic rings. The van der Waals surface area contributed by atoms with E-state index in [-0.39, 0.29) is 34.2 Å². The van der Waals surface area contributed by atoms with Crippen LogP contribution in [0.5, 0.6) is 0 Å². The molecule has 2 unspecified atom stereocenters. The third-order valence-corrected chi connectivity index (χ3v) is 17.6. The highest BCUT2D eigenvalue weighted by Gasteiger charge is 2.39. The fourth-order valence-corrected chi connectivity index (χ4v) is 12.9. The van der Waals surface area contributed by atoms with E-state index in [4.69, 9.17) is 19.4 Å².